The summed E-state index contributed by atoms with van der Waals surface area (Å²) in [5.41, 5.74) is 2.57. The van der Waals surface area contributed by atoms with E-state index in [0.29, 0.717) is 24.5 Å². The molecule has 1 atom stereocenters. The molecule has 0 bridgehead atoms. The quantitative estimate of drug-likeness (QED) is 0.451. The van der Waals surface area contributed by atoms with Gasteiger partial charge in [-0.2, -0.15) is 0 Å². The van der Waals surface area contributed by atoms with Crippen molar-refractivity contribution >= 4 is 38.8 Å². The van der Waals surface area contributed by atoms with Crippen LogP contribution in [0.4, 0.5) is 0 Å². The second-order valence-corrected chi connectivity index (χ2v) is 6.30. The van der Waals surface area contributed by atoms with Crippen molar-refractivity contribution < 1.29 is 8.76 Å². The van der Waals surface area contributed by atoms with Crippen LogP contribution in [0.25, 0.3) is 11.1 Å². The second-order valence-electron chi connectivity index (χ2n) is 4.24. The van der Waals surface area contributed by atoms with Crippen molar-refractivity contribution in [2.45, 2.75) is 12.8 Å². The lowest BCUT2D eigenvalue weighted by molar-refractivity contribution is 0.546. The van der Waals surface area contributed by atoms with E-state index in [-0.39, 0.29) is 0 Å². The summed E-state index contributed by atoms with van der Waals surface area (Å²) in [4.78, 5) is 8.31. The van der Waals surface area contributed by atoms with Gasteiger partial charge in [0.05, 0.1) is 5.69 Å². The highest BCUT2D eigenvalue weighted by Crippen LogP contribution is 2.30. The lowest BCUT2D eigenvalue weighted by atomic mass is 10.0. The summed E-state index contributed by atoms with van der Waals surface area (Å²) in [6.07, 6.45) is 2.73. The van der Waals surface area contributed by atoms with E-state index in [1.807, 2.05) is 24.3 Å². The van der Waals surface area contributed by atoms with Gasteiger partial charge in [0, 0.05) is 16.6 Å². The summed E-state index contributed by atoms with van der Waals surface area (Å²) in [5, 5.41) is 0.404. The summed E-state index contributed by atoms with van der Waals surface area (Å²) in [6.45, 7) is 0.421. The molecule has 0 spiro atoms. The van der Waals surface area contributed by atoms with Crippen molar-refractivity contribution in [3.63, 3.8) is 0 Å². The maximum atomic E-state index is 10.5. The van der Waals surface area contributed by atoms with Crippen molar-refractivity contribution in [2.24, 2.45) is 0 Å². The number of hydrogen-bond acceptors (Lipinski definition) is 3. The van der Waals surface area contributed by atoms with Crippen LogP contribution in [0.5, 0.6) is 0 Å². The van der Waals surface area contributed by atoms with Gasteiger partial charge in [0.2, 0.25) is 11.3 Å². The van der Waals surface area contributed by atoms with Gasteiger partial charge in [0.25, 0.3) is 0 Å². The molecule has 1 aromatic carbocycles. The van der Waals surface area contributed by atoms with Crippen molar-refractivity contribution in [3.05, 3.63) is 45.9 Å². The maximum absolute atomic E-state index is 10.5. The average Bonchev–Trinajstić information content (AvgIpc) is 2.45. The fourth-order valence-electron chi connectivity index (χ4n) is 1.90. The van der Waals surface area contributed by atoms with Crippen LogP contribution >= 0.6 is 27.5 Å². The van der Waals surface area contributed by atoms with Crippen molar-refractivity contribution in [1.82, 2.24) is 14.7 Å². The molecule has 2 N–H and O–H groups in total. The number of hydrogen-bond donors (Lipinski definition) is 2. The number of halogens is 2. The summed E-state index contributed by atoms with van der Waals surface area (Å²) < 4.78 is 22.6. The molecule has 0 radical (unpaired) electrons. The first kappa shape index (κ1) is 16.5. The number of nitrogens with one attached hydrogen (secondary N) is 1. The van der Waals surface area contributed by atoms with Crippen LogP contribution in [0.1, 0.15) is 12.1 Å². The first-order chi connectivity index (χ1) is 10.1. The molecule has 0 aliphatic rings. The molecule has 1 heterocycles. The molecule has 21 heavy (non-hydrogen) atoms. The molecule has 1 unspecified atom stereocenters. The first-order valence-corrected chi connectivity index (χ1v) is 8.45. The molecule has 0 amide bonds. The van der Waals surface area contributed by atoms with Gasteiger partial charge in [-0.15, -0.1) is 0 Å². The van der Waals surface area contributed by atoms with E-state index >= 15 is 0 Å². The Morgan fingerprint density at radius 1 is 1.29 bits per heavy atom. The third-order valence-electron chi connectivity index (χ3n) is 2.83. The summed E-state index contributed by atoms with van der Waals surface area (Å²) in [5.74, 6) is 0. The monoisotopic (exact) mass is 389 g/mol. The SMILES string of the molecule is O=S(O)NCCCc1ncnc(Cl)c1-c1ccc(Br)cc1. The highest BCUT2D eigenvalue weighted by atomic mass is 79.9. The molecular formula is C13H13BrClN3O2S. The number of nitrogens with zero attached hydrogens (tertiary/aromatic N) is 2. The van der Waals surface area contributed by atoms with Crippen LogP contribution in [-0.2, 0) is 17.7 Å². The van der Waals surface area contributed by atoms with E-state index in [2.05, 4.69) is 30.6 Å². The van der Waals surface area contributed by atoms with Gasteiger partial charge in [-0.25, -0.2) is 18.9 Å². The zero-order valence-corrected chi connectivity index (χ0v) is 14.1. The molecule has 2 rings (SSSR count). The lowest BCUT2D eigenvalue weighted by Gasteiger charge is -2.10. The standard InChI is InChI=1S/C13H13BrClN3O2S/c14-10-5-3-9(4-6-10)12-11(16-8-17-13(12)15)2-1-7-18-21(19)20/h3-6,8,18H,1-2,7H2,(H,19,20). The first-order valence-electron chi connectivity index (χ1n) is 6.17. The summed E-state index contributed by atoms with van der Waals surface area (Å²) in [6, 6.07) is 7.75. The minimum atomic E-state index is -1.99. The van der Waals surface area contributed by atoms with Crippen LogP contribution in [0.2, 0.25) is 5.15 Å². The molecule has 0 fully saturated rings. The minimum Gasteiger partial charge on any atom is -0.294 e. The Hall–Kier alpha value is -0.860. The molecule has 0 saturated heterocycles. The zero-order valence-electron chi connectivity index (χ0n) is 10.9. The lowest BCUT2D eigenvalue weighted by Crippen LogP contribution is -2.18. The number of benzene rings is 1. The molecule has 8 heteroatoms. The predicted octanol–water partition coefficient (Wildman–Crippen LogP) is 3.22. The van der Waals surface area contributed by atoms with Crippen LogP contribution in [-0.4, -0.2) is 25.3 Å². The average molecular weight is 391 g/mol. The van der Waals surface area contributed by atoms with Crippen LogP contribution in [0, 0.1) is 0 Å². The molecule has 5 nitrogen and oxygen atoms in total. The molecule has 0 aliphatic carbocycles. The number of rotatable bonds is 6. The van der Waals surface area contributed by atoms with E-state index in [1.54, 1.807) is 0 Å². The molecule has 1 aromatic heterocycles. The van der Waals surface area contributed by atoms with Gasteiger partial charge in [0.15, 0.2) is 0 Å². The van der Waals surface area contributed by atoms with Gasteiger partial charge in [-0.1, -0.05) is 39.7 Å². The highest BCUT2D eigenvalue weighted by molar-refractivity contribution is 9.10. The Morgan fingerprint density at radius 2 is 2.00 bits per heavy atom. The smallest absolute Gasteiger partial charge is 0.231 e. The fraction of sp³-hybridized carbons (Fsp3) is 0.231. The largest absolute Gasteiger partial charge is 0.294 e. The van der Waals surface area contributed by atoms with Crippen LogP contribution in [0.15, 0.2) is 35.1 Å². The van der Waals surface area contributed by atoms with Crippen LogP contribution < -0.4 is 4.72 Å². The summed E-state index contributed by atoms with van der Waals surface area (Å²) in [7, 11) is 0. The Balaban J connectivity index is 2.20. The Labute approximate surface area is 138 Å². The number of aromatic nitrogens is 2. The van der Waals surface area contributed by atoms with Gasteiger partial charge in [-0.05, 0) is 30.5 Å². The topological polar surface area (TPSA) is 75.1 Å². The Morgan fingerprint density at radius 3 is 2.67 bits per heavy atom. The van der Waals surface area contributed by atoms with E-state index in [0.717, 1.165) is 21.3 Å². The zero-order chi connectivity index (χ0) is 15.2. The molecular weight excluding hydrogens is 378 g/mol. The van der Waals surface area contributed by atoms with Gasteiger partial charge in [0.1, 0.15) is 11.5 Å². The maximum Gasteiger partial charge on any atom is 0.231 e. The third-order valence-corrected chi connectivity index (χ3v) is 4.09. The van der Waals surface area contributed by atoms with Crippen molar-refractivity contribution in [3.8, 4) is 11.1 Å². The third kappa shape index (κ3) is 4.82. The van der Waals surface area contributed by atoms with Crippen molar-refractivity contribution in [2.75, 3.05) is 6.54 Å². The van der Waals surface area contributed by atoms with Crippen LogP contribution in [0.3, 0.4) is 0 Å². The molecule has 0 saturated carbocycles. The van der Waals surface area contributed by atoms with E-state index in [4.69, 9.17) is 16.2 Å². The van der Waals surface area contributed by atoms with E-state index < -0.39 is 11.3 Å². The number of aryl methyl sites for hydroxylation is 1. The van der Waals surface area contributed by atoms with E-state index in [1.165, 1.54) is 6.33 Å². The fourth-order valence-corrected chi connectivity index (χ4v) is 2.75. The van der Waals surface area contributed by atoms with Gasteiger partial charge >= 0.3 is 0 Å². The van der Waals surface area contributed by atoms with E-state index in [9.17, 15) is 4.21 Å². The normalized spacial score (nSPS) is 12.3. The Kier molecular flexibility index (Phi) is 6.25. The minimum absolute atomic E-state index is 0.404. The van der Waals surface area contributed by atoms with Gasteiger partial charge in [-0.3, -0.25) is 4.55 Å². The van der Waals surface area contributed by atoms with Crippen molar-refractivity contribution in [1.29, 1.82) is 0 Å². The second kappa shape index (κ2) is 7.95. The van der Waals surface area contributed by atoms with Gasteiger partial charge < -0.3 is 0 Å². The predicted molar refractivity (Wildman–Crippen MR) is 87.3 cm³/mol. The molecule has 2 aromatic rings. The highest BCUT2D eigenvalue weighted by Gasteiger charge is 2.12. The molecule has 0 aliphatic heterocycles. The summed E-state index contributed by atoms with van der Waals surface area (Å²) >= 11 is 7.61. The Bertz CT molecular complexity index is 640. The molecule has 112 valence electrons.